The third-order valence-electron chi connectivity index (χ3n) is 5.02. The molecule has 1 N–H and O–H groups in total. The summed E-state index contributed by atoms with van der Waals surface area (Å²) in [5, 5.41) is 13.1. The summed E-state index contributed by atoms with van der Waals surface area (Å²) in [6, 6.07) is 8.49. The molecule has 1 heterocycles. The molecule has 4 rings (SSSR count). The van der Waals surface area contributed by atoms with Crippen molar-refractivity contribution in [1.82, 2.24) is 9.55 Å². The van der Waals surface area contributed by atoms with Gasteiger partial charge in [0, 0.05) is 12.3 Å². The highest BCUT2D eigenvalue weighted by Gasteiger charge is 2.47. The van der Waals surface area contributed by atoms with E-state index in [2.05, 4.69) is 34.8 Å². The van der Waals surface area contributed by atoms with Gasteiger partial charge in [0.15, 0.2) is 0 Å². The fraction of sp³-hybridized carbons (Fsp3) is 0.500. The molecule has 2 bridgehead atoms. The lowest BCUT2D eigenvalue weighted by Gasteiger charge is -2.26. The summed E-state index contributed by atoms with van der Waals surface area (Å²) in [6.07, 6.45) is 4.49. The van der Waals surface area contributed by atoms with Gasteiger partial charge < -0.3 is 9.77 Å². The number of oxime groups is 1. The molecule has 0 aliphatic heterocycles. The van der Waals surface area contributed by atoms with Crippen LogP contribution in [0, 0.1) is 11.8 Å². The van der Waals surface area contributed by atoms with Gasteiger partial charge in [-0.15, -0.1) is 0 Å². The van der Waals surface area contributed by atoms with Crippen LogP contribution in [0.5, 0.6) is 0 Å². The number of nitrogens with zero attached hydrogens (tertiary/aromatic N) is 3. The molecule has 20 heavy (non-hydrogen) atoms. The number of rotatable bonds is 2. The first-order valence-electron chi connectivity index (χ1n) is 7.51. The first kappa shape index (κ1) is 11.9. The minimum Gasteiger partial charge on any atom is -0.411 e. The molecule has 4 nitrogen and oxygen atoms in total. The van der Waals surface area contributed by atoms with E-state index >= 15 is 0 Å². The standard InChI is InChI=1S/C16H19N3O/c1-2-14-17-12-5-3-4-6-13(12)19(14)16-11-8-7-10(9-11)15(16)18-20/h3-6,10-11,16,20H,2,7-9H2,1H3/b18-15+/t10-,11-,16-/m0/s1. The zero-order chi connectivity index (χ0) is 13.7. The maximum Gasteiger partial charge on any atom is 0.110 e. The minimum atomic E-state index is 0.209. The van der Waals surface area contributed by atoms with Gasteiger partial charge in [-0.2, -0.15) is 0 Å². The fourth-order valence-corrected chi connectivity index (χ4v) is 4.19. The van der Waals surface area contributed by atoms with Crippen molar-refractivity contribution >= 4 is 16.7 Å². The second-order valence-corrected chi connectivity index (χ2v) is 5.98. The van der Waals surface area contributed by atoms with Crippen LogP contribution in [0.4, 0.5) is 0 Å². The molecule has 0 radical (unpaired) electrons. The first-order chi connectivity index (χ1) is 9.83. The number of benzene rings is 1. The third kappa shape index (κ3) is 1.48. The van der Waals surface area contributed by atoms with Gasteiger partial charge >= 0.3 is 0 Å². The molecule has 0 unspecified atom stereocenters. The smallest absolute Gasteiger partial charge is 0.110 e. The fourth-order valence-electron chi connectivity index (χ4n) is 4.19. The topological polar surface area (TPSA) is 50.4 Å². The normalized spacial score (nSPS) is 30.6. The Kier molecular flexibility index (Phi) is 2.59. The van der Waals surface area contributed by atoms with E-state index in [-0.39, 0.29) is 6.04 Å². The van der Waals surface area contributed by atoms with Crippen LogP contribution < -0.4 is 0 Å². The van der Waals surface area contributed by atoms with Gasteiger partial charge in [-0.3, -0.25) is 0 Å². The molecule has 2 aliphatic rings. The molecule has 2 fully saturated rings. The molecule has 2 aromatic rings. The minimum absolute atomic E-state index is 0.209. The van der Waals surface area contributed by atoms with Crippen LogP contribution >= 0.6 is 0 Å². The summed E-state index contributed by atoms with van der Waals surface area (Å²) in [6.45, 7) is 2.14. The maximum absolute atomic E-state index is 9.45. The Bertz CT molecular complexity index is 688. The summed E-state index contributed by atoms with van der Waals surface area (Å²) in [4.78, 5) is 4.75. The maximum atomic E-state index is 9.45. The SMILES string of the molecule is CCc1nc2ccccc2n1[C@@H]1/C(=N/O)[C@H]2CC[C@H]1C2. The van der Waals surface area contributed by atoms with Crippen molar-refractivity contribution in [1.29, 1.82) is 0 Å². The monoisotopic (exact) mass is 269 g/mol. The molecule has 1 aromatic carbocycles. The molecule has 1 aromatic heterocycles. The van der Waals surface area contributed by atoms with Gasteiger partial charge in [0.05, 0.1) is 22.8 Å². The Morgan fingerprint density at radius 2 is 2.20 bits per heavy atom. The molecule has 3 atom stereocenters. The van der Waals surface area contributed by atoms with Gasteiger partial charge in [0.1, 0.15) is 5.82 Å². The van der Waals surface area contributed by atoms with Crippen molar-refractivity contribution in [3.8, 4) is 0 Å². The Morgan fingerprint density at radius 1 is 1.35 bits per heavy atom. The van der Waals surface area contributed by atoms with E-state index in [0.29, 0.717) is 11.8 Å². The van der Waals surface area contributed by atoms with Crippen molar-refractivity contribution in [3.63, 3.8) is 0 Å². The van der Waals surface area contributed by atoms with Gasteiger partial charge in [-0.1, -0.05) is 24.2 Å². The van der Waals surface area contributed by atoms with E-state index in [1.165, 1.54) is 24.8 Å². The van der Waals surface area contributed by atoms with Crippen LogP contribution in [0.2, 0.25) is 0 Å². The van der Waals surface area contributed by atoms with Crippen molar-refractivity contribution in [2.75, 3.05) is 0 Å². The molecular formula is C16H19N3O. The quantitative estimate of drug-likeness (QED) is 0.671. The summed E-state index contributed by atoms with van der Waals surface area (Å²) in [5.74, 6) is 2.18. The molecule has 0 saturated heterocycles. The third-order valence-corrected chi connectivity index (χ3v) is 5.02. The molecular weight excluding hydrogens is 250 g/mol. The Balaban J connectivity index is 1.93. The lowest BCUT2D eigenvalue weighted by molar-refractivity contribution is 0.307. The average Bonchev–Trinajstić information content (AvgIpc) is 3.17. The van der Waals surface area contributed by atoms with Crippen LogP contribution in [0.3, 0.4) is 0 Å². The predicted octanol–water partition coefficient (Wildman–Crippen LogP) is 3.40. The van der Waals surface area contributed by atoms with Crippen molar-refractivity contribution in [3.05, 3.63) is 30.1 Å². The van der Waals surface area contributed by atoms with Gasteiger partial charge in [0.2, 0.25) is 0 Å². The van der Waals surface area contributed by atoms with E-state index < -0.39 is 0 Å². The molecule has 0 spiro atoms. The second-order valence-electron chi connectivity index (χ2n) is 5.98. The molecule has 104 valence electrons. The zero-order valence-electron chi connectivity index (χ0n) is 11.7. The van der Waals surface area contributed by atoms with E-state index in [1.807, 2.05) is 6.07 Å². The second kappa shape index (κ2) is 4.33. The number of aromatic nitrogens is 2. The summed E-state index contributed by atoms with van der Waals surface area (Å²) in [5.41, 5.74) is 3.19. The van der Waals surface area contributed by atoms with Gasteiger partial charge in [-0.05, 0) is 37.3 Å². The number of aryl methyl sites for hydroxylation is 1. The Hall–Kier alpha value is -1.84. The molecule has 2 saturated carbocycles. The molecule has 4 heteroatoms. The highest BCUT2D eigenvalue weighted by atomic mass is 16.4. The van der Waals surface area contributed by atoms with Crippen molar-refractivity contribution in [2.24, 2.45) is 17.0 Å². The largest absolute Gasteiger partial charge is 0.411 e. The highest BCUT2D eigenvalue weighted by Crippen LogP contribution is 2.50. The van der Waals surface area contributed by atoms with Crippen LogP contribution in [-0.4, -0.2) is 20.5 Å². The Labute approximate surface area is 118 Å². The van der Waals surface area contributed by atoms with Crippen LogP contribution in [0.1, 0.15) is 38.1 Å². The Morgan fingerprint density at radius 3 is 3.00 bits per heavy atom. The number of hydrogen-bond donors (Lipinski definition) is 1. The van der Waals surface area contributed by atoms with E-state index in [0.717, 1.165) is 23.5 Å². The zero-order valence-corrected chi connectivity index (χ0v) is 11.7. The van der Waals surface area contributed by atoms with Crippen LogP contribution in [0.25, 0.3) is 11.0 Å². The molecule has 0 amide bonds. The summed E-state index contributed by atoms with van der Waals surface area (Å²) < 4.78 is 2.33. The lowest BCUT2D eigenvalue weighted by atomic mass is 9.92. The summed E-state index contributed by atoms with van der Waals surface area (Å²) in [7, 11) is 0. The molecule has 2 aliphatic carbocycles. The van der Waals surface area contributed by atoms with Crippen LogP contribution in [0.15, 0.2) is 29.4 Å². The van der Waals surface area contributed by atoms with Crippen LogP contribution in [-0.2, 0) is 6.42 Å². The number of hydrogen-bond acceptors (Lipinski definition) is 3. The van der Waals surface area contributed by atoms with E-state index in [4.69, 9.17) is 4.98 Å². The number of imidazole rings is 1. The number of fused-ring (bicyclic) bond motifs is 3. The summed E-state index contributed by atoms with van der Waals surface area (Å²) >= 11 is 0. The average molecular weight is 269 g/mol. The van der Waals surface area contributed by atoms with Crippen molar-refractivity contribution in [2.45, 2.75) is 38.6 Å². The number of para-hydroxylation sites is 2. The lowest BCUT2D eigenvalue weighted by Crippen LogP contribution is -2.27. The van der Waals surface area contributed by atoms with Crippen molar-refractivity contribution < 1.29 is 5.21 Å². The van der Waals surface area contributed by atoms with Gasteiger partial charge in [0.25, 0.3) is 0 Å². The first-order valence-corrected chi connectivity index (χ1v) is 7.51. The van der Waals surface area contributed by atoms with E-state index in [9.17, 15) is 5.21 Å². The van der Waals surface area contributed by atoms with E-state index in [1.54, 1.807) is 0 Å². The highest BCUT2D eigenvalue weighted by molar-refractivity contribution is 5.94. The van der Waals surface area contributed by atoms with Gasteiger partial charge in [-0.25, -0.2) is 4.98 Å². The predicted molar refractivity (Wildman–Crippen MR) is 78.2 cm³/mol.